The van der Waals surface area contributed by atoms with Crippen LogP contribution in [0.3, 0.4) is 0 Å². The van der Waals surface area contributed by atoms with Crippen LogP contribution in [0.15, 0.2) is 84.0 Å². The fraction of sp³-hybridized carbons (Fsp3) is 0.120. The molecule has 3 aromatic carbocycles. The molecule has 5 heteroatoms. The molecule has 0 saturated carbocycles. The summed E-state index contributed by atoms with van der Waals surface area (Å²) in [7, 11) is 0. The van der Waals surface area contributed by atoms with Gasteiger partial charge in [-0.15, -0.1) is 0 Å². The highest BCUT2D eigenvalue weighted by Crippen LogP contribution is 2.33. The predicted octanol–water partition coefficient (Wildman–Crippen LogP) is 5.70. The van der Waals surface area contributed by atoms with Gasteiger partial charge >= 0.3 is 0 Å². The smallest absolute Gasteiger partial charge is 0.127 e. The number of aromatic nitrogens is 1. The molecule has 1 heterocycles. The van der Waals surface area contributed by atoms with Gasteiger partial charge in [-0.3, -0.25) is 0 Å². The standard InChI is InChI=1S/C25H20FN3O/c26-18-7-3-6-17(15-18)25(29-30)21-9-4-10-22-20(21)12-14-24(27-22)28-23-13-11-16-5-1-2-8-19(16)23/h1-10,12,14-15,23,30H,11,13H2,(H,27,28)/b29-25-/t23-/m1/s1. The first kappa shape index (κ1) is 18.3. The molecule has 4 aromatic rings. The topological polar surface area (TPSA) is 57.5 Å². The second-order valence-electron chi connectivity index (χ2n) is 7.46. The van der Waals surface area contributed by atoms with E-state index in [9.17, 15) is 9.60 Å². The minimum absolute atomic E-state index is 0.246. The Balaban J connectivity index is 1.50. The van der Waals surface area contributed by atoms with Crippen molar-refractivity contribution >= 4 is 22.4 Å². The Labute approximate surface area is 173 Å². The van der Waals surface area contributed by atoms with Crippen LogP contribution in [0.2, 0.25) is 0 Å². The van der Waals surface area contributed by atoms with Crippen molar-refractivity contribution in [2.75, 3.05) is 5.32 Å². The number of fused-ring (bicyclic) bond motifs is 2. The van der Waals surface area contributed by atoms with Crippen molar-refractivity contribution in [2.24, 2.45) is 5.16 Å². The fourth-order valence-corrected chi connectivity index (χ4v) is 4.23. The van der Waals surface area contributed by atoms with E-state index in [0.717, 1.165) is 29.6 Å². The molecular weight excluding hydrogens is 377 g/mol. The molecule has 2 N–H and O–H groups in total. The number of anilines is 1. The van der Waals surface area contributed by atoms with Crippen molar-refractivity contribution in [3.8, 4) is 0 Å². The number of oxime groups is 1. The molecule has 0 spiro atoms. The highest BCUT2D eigenvalue weighted by Gasteiger charge is 2.22. The van der Waals surface area contributed by atoms with E-state index >= 15 is 0 Å². The van der Waals surface area contributed by atoms with Gasteiger partial charge < -0.3 is 10.5 Å². The lowest BCUT2D eigenvalue weighted by Gasteiger charge is -2.16. The number of hydrogen-bond acceptors (Lipinski definition) is 4. The van der Waals surface area contributed by atoms with Gasteiger partial charge in [-0.2, -0.15) is 0 Å². The Kier molecular flexibility index (Phi) is 4.64. The van der Waals surface area contributed by atoms with Crippen molar-refractivity contribution in [1.82, 2.24) is 4.98 Å². The molecule has 5 rings (SSSR count). The third-order valence-electron chi connectivity index (χ3n) is 5.64. The van der Waals surface area contributed by atoms with Crippen molar-refractivity contribution in [3.63, 3.8) is 0 Å². The molecule has 0 saturated heterocycles. The van der Waals surface area contributed by atoms with Gasteiger partial charge in [0.2, 0.25) is 0 Å². The highest BCUT2D eigenvalue weighted by molar-refractivity contribution is 6.18. The van der Waals surface area contributed by atoms with Crippen LogP contribution in [-0.4, -0.2) is 15.9 Å². The predicted molar refractivity (Wildman–Crippen MR) is 117 cm³/mol. The third-order valence-corrected chi connectivity index (χ3v) is 5.64. The summed E-state index contributed by atoms with van der Waals surface area (Å²) in [6.07, 6.45) is 2.11. The van der Waals surface area contributed by atoms with Gasteiger partial charge in [0.1, 0.15) is 17.3 Å². The number of hydrogen-bond donors (Lipinski definition) is 2. The summed E-state index contributed by atoms with van der Waals surface area (Å²) >= 11 is 0. The van der Waals surface area contributed by atoms with Crippen LogP contribution in [0.1, 0.15) is 34.7 Å². The number of halogens is 1. The zero-order valence-corrected chi connectivity index (χ0v) is 16.2. The molecule has 148 valence electrons. The Bertz CT molecular complexity index is 1270. The number of benzene rings is 3. The minimum atomic E-state index is -0.379. The molecule has 0 amide bonds. The fourth-order valence-electron chi connectivity index (χ4n) is 4.23. The van der Waals surface area contributed by atoms with E-state index in [1.807, 2.05) is 30.3 Å². The number of nitrogens with one attached hydrogen (secondary N) is 1. The molecule has 0 unspecified atom stereocenters. The van der Waals surface area contributed by atoms with E-state index in [0.29, 0.717) is 16.8 Å². The van der Waals surface area contributed by atoms with E-state index in [1.54, 1.807) is 12.1 Å². The van der Waals surface area contributed by atoms with Gasteiger partial charge in [0.15, 0.2) is 0 Å². The monoisotopic (exact) mass is 397 g/mol. The summed E-state index contributed by atoms with van der Waals surface area (Å²) in [6, 6.07) is 24.3. The van der Waals surface area contributed by atoms with E-state index in [-0.39, 0.29) is 11.9 Å². The lowest BCUT2D eigenvalue weighted by molar-refractivity contribution is 0.319. The zero-order valence-electron chi connectivity index (χ0n) is 16.2. The van der Waals surface area contributed by atoms with E-state index < -0.39 is 0 Å². The van der Waals surface area contributed by atoms with Crippen molar-refractivity contribution in [2.45, 2.75) is 18.9 Å². The van der Waals surface area contributed by atoms with E-state index in [2.05, 4.69) is 34.7 Å². The Morgan fingerprint density at radius 3 is 2.73 bits per heavy atom. The summed E-state index contributed by atoms with van der Waals surface area (Å²) in [5, 5.41) is 17.5. The summed E-state index contributed by atoms with van der Waals surface area (Å²) in [5.74, 6) is 0.421. The summed E-state index contributed by atoms with van der Waals surface area (Å²) in [4.78, 5) is 4.78. The van der Waals surface area contributed by atoms with Crippen molar-refractivity contribution in [3.05, 3.63) is 107 Å². The first-order valence-electron chi connectivity index (χ1n) is 9.95. The zero-order chi connectivity index (χ0) is 20.5. The second-order valence-corrected chi connectivity index (χ2v) is 7.46. The maximum atomic E-state index is 13.7. The summed E-state index contributed by atoms with van der Waals surface area (Å²) in [6.45, 7) is 0. The third kappa shape index (κ3) is 3.28. The molecule has 1 atom stereocenters. The minimum Gasteiger partial charge on any atom is -0.410 e. The molecule has 0 aliphatic heterocycles. The lowest BCUT2D eigenvalue weighted by Crippen LogP contribution is -2.09. The number of pyridine rings is 1. The second kappa shape index (κ2) is 7.59. The Hall–Kier alpha value is -3.73. The number of aryl methyl sites for hydroxylation is 1. The molecule has 1 aromatic heterocycles. The molecule has 1 aliphatic rings. The molecular formula is C25H20FN3O. The van der Waals surface area contributed by atoms with Crippen molar-refractivity contribution in [1.29, 1.82) is 0 Å². The largest absolute Gasteiger partial charge is 0.410 e. The summed E-state index contributed by atoms with van der Waals surface area (Å²) in [5.41, 5.74) is 5.01. The highest BCUT2D eigenvalue weighted by atomic mass is 19.1. The number of rotatable bonds is 4. The average molecular weight is 397 g/mol. The molecule has 0 fully saturated rings. The van der Waals surface area contributed by atoms with Crippen LogP contribution >= 0.6 is 0 Å². The Morgan fingerprint density at radius 1 is 1.00 bits per heavy atom. The molecule has 0 bridgehead atoms. The van der Waals surface area contributed by atoms with Crippen LogP contribution in [0.25, 0.3) is 10.9 Å². The van der Waals surface area contributed by atoms with Crippen LogP contribution < -0.4 is 5.32 Å². The van der Waals surface area contributed by atoms with Gasteiger partial charge in [0, 0.05) is 16.5 Å². The first-order chi connectivity index (χ1) is 14.7. The van der Waals surface area contributed by atoms with Gasteiger partial charge in [0.25, 0.3) is 0 Å². The van der Waals surface area contributed by atoms with Gasteiger partial charge in [-0.05, 0) is 54.3 Å². The maximum Gasteiger partial charge on any atom is 0.127 e. The van der Waals surface area contributed by atoms with Crippen LogP contribution in [0.5, 0.6) is 0 Å². The quantitative estimate of drug-likeness (QED) is 0.264. The molecule has 0 radical (unpaired) electrons. The average Bonchev–Trinajstić information content (AvgIpc) is 3.17. The number of nitrogens with zero attached hydrogens (tertiary/aromatic N) is 2. The van der Waals surface area contributed by atoms with Gasteiger partial charge in [0.05, 0.1) is 11.6 Å². The molecule has 30 heavy (non-hydrogen) atoms. The van der Waals surface area contributed by atoms with Crippen LogP contribution in [0, 0.1) is 5.82 Å². The Morgan fingerprint density at radius 2 is 1.87 bits per heavy atom. The summed E-state index contributed by atoms with van der Waals surface area (Å²) < 4.78 is 13.7. The normalized spacial score (nSPS) is 15.9. The van der Waals surface area contributed by atoms with Crippen molar-refractivity contribution < 1.29 is 9.60 Å². The maximum absolute atomic E-state index is 13.7. The lowest BCUT2D eigenvalue weighted by atomic mass is 9.98. The SMILES string of the molecule is O/N=C(/c1cccc(F)c1)c1cccc2nc(N[C@@H]3CCc4ccccc43)ccc12. The first-order valence-corrected chi connectivity index (χ1v) is 9.95. The molecule has 1 aliphatic carbocycles. The van der Waals surface area contributed by atoms with Crippen LogP contribution in [-0.2, 0) is 6.42 Å². The van der Waals surface area contributed by atoms with E-state index in [1.165, 1.54) is 23.3 Å². The molecule has 4 nitrogen and oxygen atoms in total. The van der Waals surface area contributed by atoms with Gasteiger partial charge in [-0.25, -0.2) is 9.37 Å². The van der Waals surface area contributed by atoms with E-state index in [4.69, 9.17) is 4.98 Å². The van der Waals surface area contributed by atoms with Gasteiger partial charge in [-0.1, -0.05) is 53.7 Å². The van der Waals surface area contributed by atoms with Crippen LogP contribution in [0.4, 0.5) is 10.2 Å².